The molecule has 1 N–H and O–H groups in total. The van der Waals surface area contributed by atoms with Crippen LogP contribution in [0.3, 0.4) is 0 Å². The first-order valence-corrected chi connectivity index (χ1v) is 6.31. The highest BCUT2D eigenvalue weighted by atomic mass is 14.9. The number of benzene rings is 1. The summed E-state index contributed by atoms with van der Waals surface area (Å²) in [5.74, 6) is 0. The van der Waals surface area contributed by atoms with Crippen molar-refractivity contribution in [1.82, 2.24) is 9.97 Å². The number of hydrogen-bond donors (Lipinski definition) is 1. The molecule has 0 fully saturated rings. The molecule has 0 atom stereocenters. The van der Waals surface area contributed by atoms with Crippen LogP contribution in [0.15, 0.2) is 55.1 Å². The molecule has 19 heavy (non-hydrogen) atoms. The summed E-state index contributed by atoms with van der Waals surface area (Å²) in [7, 11) is 0. The van der Waals surface area contributed by atoms with Crippen molar-refractivity contribution in [1.29, 1.82) is 0 Å². The van der Waals surface area contributed by atoms with Crippen LogP contribution in [0.2, 0.25) is 0 Å². The number of fused-ring (bicyclic) bond motifs is 1. The Hall–Kier alpha value is -2.42. The van der Waals surface area contributed by atoms with E-state index in [9.17, 15) is 0 Å². The Kier molecular flexibility index (Phi) is 3.11. The minimum absolute atomic E-state index is 0.779. The molecule has 0 aliphatic carbocycles. The van der Waals surface area contributed by atoms with E-state index in [4.69, 9.17) is 0 Å². The van der Waals surface area contributed by atoms with E-state index < -0.39 is 0 Å². The van der Waals surface area contributed by atoms with Crippen LogP contribution in [0.1, 0.15) is 11.1 Å². The van der Waals surface area contributed by atoms with Gasteiger partial charge < -0.3 is 5.32 Å². The quantitative estimate of drug-likeness (QED) is 0.771. The summed E-state index contributed by atoms with van der Waals surface area (Å²) in [6, 6.07) is 10.3. The predicted molar refractivity (Wildman–Crippen MR) is 78.0 cm³/mol. The van der Waals surface area contributed by atoms with E-state index >= 15 is 0 Å². The van der Waals surface area contributed by atoms with Gasteiger partial charge in [-0.2, -0.15) is 0 Å². The largest absolute Gasteiger partial charge is 0.380 e. The van der Waals surface area contributed by atoms with Crippen LogP contribution in [-0.2, 0) is 6.54 Å². The molecule has 3 heteroatoms. The smallest absolute Gasteiger partial charge is 0.0423 e. The fourth-order valence-corrected chi connectivity index (χ4v) is 2.15. The minimum atomic E-state index is 0.779. The molecule has 1 aromatic carbocycles. The molecule has 0 amide bonds. The standard InChI is InChI=1S/C16H15N3/c1-12-5-7-17-10-14(12)11-19-16-4-2-3-13-9-18-8-6-15(13)16/h2-10,19H,11H2,1H3. The van der Waals surface area contributed by atoms with Gasteiger partial charge in [0.05, 0.1) is 0 Å². The molecule has 2 aromatic heterocycles. The van der Waals surface area contributed by atoms with Crippen LogP contribution in [0.5, 0.6) is 0 Å². The lowest BCUT2D eigenvalue weighted by atomic mass is 10.1. The molecule has 3 aromatic rings. The maximum Gasteiger partial charge on any atom is 0.0423 e. The molecule has 0 unspecified atom stereocenters. The van der Waals surface area contributed by atoms with Crippen LogP contribution in [-0.4, -0.2) is 9.97 Å². The van der Waals surface area contributed by atoms with Crippen LogP contribution < -0.4 is 5.32 Å². The summed E-state index contributed by atoms with van der Waals surface area (Å²) >= 11 is 0. The Morgan fingerprint density at radius 3 is 2.74 bits per heavy atom. The lowest BCUT2D eigenvalue weighted by molar-refractivity contribution is 1.08. The van der Waals surface area contributed by atoms with Gasteiger partial charge in [-0.05, 0) is 36.2 Å². The zero-order valence-electron chi connectivity index (χ0n) is 10.8. The van der Waals surface area contributed by atoms with Crippen molar-refractivity contribution in [3.05, 3.63) is 66.2 Å². The number of hydrogen-bond acceptors (Lipinski definition) is 3. The zero-order chi connectivity index (χ0) is 13.1. The number of pyridine rings is 2. The molecule has 2 heterocycles. The minimum Gasteiger partial charge on any atom is -0.380 e. The fourth-order valence-electron chi connectivity index (χ4n) is 2.15. The topological polar surface area (TPSA) is 37.8 Å². The van der Waals surface area contributed by atoms with Crippen LogP contribution in [0.4, 0.5) is 5.69 Å². The van der Waals surface area contributed by atoms with Crippen molar-refractivity contribution in [2.75, 3.05) is 5.32 Å². The Labute approximate surface area is 112 Å². The summed E-state index contributed by atoms with van der Waals surface area (Å²) in [5, 5.41) is 5.82. The average Bonchev–Trinajstić information content (AvgIpc) is 2.46. The highest BCUT2D eigenvalue weighted by Crippen LogP contribution is 2.22. The molecule has 94 valence electrons. The van der Waals surface area contributed by atoms with Gasteiger partial charge in [0, 0.05) is 47.8 Å². The first-order valence-electron chi connectivity index (χ1n) is 6.31. The number of aromatic nitrogens is 2. The summed E-state index contributed by atoms with van der Waals surface area (Å²) < 4.78 is 0. The first-order chi connectivity index (χ1) is 9.34. The van der Waals surface area contributed by atoms with Crippen LogP contribution in [0, 0.1) is 6.92 Å². The van der Waals surface area contributed by atoms with Gasteiger partial charge in [-0.3, -0.25) is 9.97 Å². The first kappa shape index (κ1) is 11.7. The van der Waals surface area contributed by atoms with Gasteiger partial charge in [0.1, 0.15) is 0 Å². The third-order valence-electron chi connectivity index (χ3n) is 3.30. The van der Waals surface area contributed by atoms with E-state index in [-0.39, 0.29) is 0 Å². The molecule has 0 radical (unpaired) electrons. The maximum absolute atomic E-state index is 4.17. The number of aryl methyl sites for hydroxylation is 1. The van der Waals surface area contributed by atoms with E-state index in [2.05, 4.69) is 34.3 Å². The van der Waals surface area contributed by atoms with E-state index in [0.29, 0.717) is 0 Å². The molecule has 0 saturated carbocycles. The van der Waals surface area contributed by atoms with Gasteiger partial charge in [-0.25, -0.2) is 0 Å². The normalized spacial score (nSPS) is 10.6. The second-order valence-electron chi connectivity index (χ2n) is 4.56. The summed E-state index contributed by atoms with van der Waals surface area (Å²) in [6.45, 7) is 2.88. The molecule has 0 saturated heterocycles. The highest BCUT2D eigenvalue weighted by molar-refractivity contribution is 5.93. The van der Waals surface area contributed by atoms with Crippen molar-refractivity contribution in [2.24, 2.45) is 0 Å². The van der Waals surface area contributed by atoms with Crippen molar-refractivity contribution in [3.63, 3.8) is 0 Å². The average molecular weight is 249 g/mol. The van der Waals surface area contributed by atoms with Crippen molar-refractivity contribution >= 4 is 16.5 Å². The van der Waals surface area contributed by atoms with Gasteiger partial charge in [-0.1, -0.05) is 12.1 Å². The van der Waals surface area contributed by atoms with Gasteiger partial charge in [-0.15, -0.1) is 0 Å². The van der Waals surface area contributed by atoms with Gasteiger partial charge >= 0.3 is 0 Å². The van der Waals surface area contributed by atoms with Crippen molar-refractivity contribution in [3.8, 4) is 0 Å². The summed E-state index contributed by atoms with van der Waals surface area (Å²) in [6.07, 6.45) is 7.44. The lowest BCUT2D eigenvalue weighted by Crippen LogP contribution is -2.02. The molecule has 0 spiro atoms. The fraction of sp³-hybridized carbons (Fsp3) is 0.125. The van der Waals surface area contributed by atoms with Gasteiger partial charge in [0.15, 0.2) is 0 Å². The van der Waals surface area contributed by atoms with E-state index in [1.165, 1.54) is 16.5 Å². The Balaban J connectivity index is 1.88. The number of rotatable bonds is 3. The predicted octanol–water partition coefficient (Wildman–Crippen LogP) is 3.55. The zero-order valence-corrected chi connectivity index (χ0v) is 10.8. The molecular formula is C16H15N3. The molecule has 0 aliphatic heterocycles. The second kappa shape index (κ2) is 5.06. The van der Waals surface area contributed by atoms with E-state index in [1.54, 1.807) is 0 Å². The van der Waals surface area contributed by atoms with Crippen molar-refractivity contribution < 1.29 is 0 Å². The van der Waals surface area contributed by atoms with Crippen LogP contribution in [0.25, 0.3) is 10.8 Å². The monoisotopic (exact) mass is 249 g/mol. The Bertz CT molecular complexity index is 702. The molecular weight excluding hydrogens is 234 g/mol. The second-order valence-corrected chi connectivity index (χ2v) is 4.56. The Morgan fingerprint density at radius 1 is 1.00 bits per heavy atom. The number of nitrogens with one attached hydrogen (secondary N) is 1. The number of anilines is 1. The Morgan fingerprint density at radius 2 is 1.84 bits per heavy atom. The molecule has 3 nitrogen and oxygen atoms in total. The van der Waals surface area contributed by atoms with Crippen molar-refractivity contribution in [2.45, 2.75) is 13.5 Å². The van der Waals surface area contributed by atoms with Gasteiger partial charge in [0.2, 0.25) is 0 Å². The summed E-state index contributed by atoms with van der Waals surface area (Å²) in [5.41, 5.74) is 3.60. The molecule has 3 rings (SSSR count). The van der Waals surface area contributed by atoms with Gasteiger partial charge in [0.25, 0.3) is 0 Å². The van der Waals surface area contributed by atoms with E-state index in [1.807, 2.05) is 43.0 Å². The maximum atomic E-state index is 4.17. The SMILES string of the molecule is Cc1ccncc1CNc1cccc2cnccc12. The highest BCUT2D eigenvalue weighted by Gasteiger charge is 2.01. The third-order valence-corrected chi connectivity index (χ3v) is 3.30. The third kappa shape index (κ3) is 2.40. The summed E-state index contributed by atoms with van der Waals surface area (Å²) in [4.78, 5) is 8.32. The molecule has 0 aliphatic rings. The van der Waals surface area contributed by atoms with Crippen LogP contribution >= 0.6 is 0 Å². The lowest BCUT2D eigenvalue weighted by Gasteiger charge is -2.10. The molecule has 0 bridgehead atoms. The van der Waals surface area contributed by atoms with E-state index in [0.717, 1.165) is 17.6 Å². The number of nitrogens with zero attached hydrogens (tertiary/aromatic N) is 2.